The molecular formula is C16H17NO. The molecular weight excluding hydrogens is 222 g/mol. The first-order chi connectivity index (χ1) is 8.81. The van der Waals surface area contributed by atoms with E-state index in [1.165, 1.54) is 16.7 Å². The summed E-state index contributed by atoms with van der Waals surface area (Å²) in [6.07, 6.45) is 1.85. The summed E-state index contributed by atoms with van der Waals surface area (Å²) in [5.74, 6) is 0.601. The van der Waals surface area contributed by atoms with Gasteiger partial charge in [0.1, 0.15) is 5.75 Å². The van der Waals surface area contributed by atoms with Crippen LogP contribution in [-0.2, 0) is 12.8 Å². The summed E-state index contributed by atoms with van der Waals surface area (Å²) in [6, 6.07) is 14.2. The summed E-state index contributed by atoms with van der Waals surface area (Å²) in [4.78, 5) is 0. The first-order valence-corrected chi connectivity index (χ1v) is 6.40. The zero-order chi connectivity index (χ0) is 12.5. The number of nitrogens with two attached hydrogens (primary N) is 1. The van der Waals surface area contributed by atoms with Crippen LogP contribution in [0.25, 0.3) is 0 Å². The van der Waals surface area contributed by atoms with Crippen LogP contribution in [0.2, 0.25) is 0 Å². The van der Waals surface area contributed by atoms with Crippen LogP contribution in [0, 0.1) is 0 Å². The van der Waals surface area contributed by atoms with Gasteiger partial charge in [-0.1, -0.05) is 36.4 Å². The number of aryl methyl sites for hydroxylation is 1. The Hall–Kier alpha value is -1.80. The second kappa shape index (κ2) is 4.46. The second-order valence-electron chi connectivity index (χ2n) is 4.83. The standard InChI is InChI=1S/C16H17NO/c17-10-15-12-5-2-1-4-11(12)8-9-14-13(15)6-3-7-16(14)18/h1-7,15,18H,8-10,17H2. The molecule has 0 radical (unpaired) electrons. The molecule has 2 aromatic rings. The van der Waals surface area contributed by atoms with Crippen molar-refractivity contribution in [3.63, 3.8) is 0 Å². The third-order valence-electron chi connectivity index (χ3n) is 3.87. The minimum absolute atomic E-state index is 0.200. The van der Waals surface area contributed by atoms with Crippen molar-refractivity contribution in [1.29, 1.82) is 0 Å². The average molecular weight is 239 g/mol. The minimum atomic E-state index is 0.200. The van der Waals surface area contributed by atoms with Gasteiger partial charge in [0.05, 0.1) is 0 Å². The van der Waals surface area contributed by atoms with Crippen LogP contribution in [0.1, 0.15) is 28.2 Å². The lowest BCUT2D eigenvalue weighted by Crippen LogP contribution is -2.15. The predicted molar refractivity (Wildman–Crippen MR) is 72.9 cm³/mol. The molecule has 2 nitrogen and oxygen atoms in total. The van der Waals surface area contributed by atoms with Crippen molar-refractivity contribution >= 4 is 0 Å². The van der Waals surface area contributed by atoms with Gasteiger partial charge in [0.15, 0.2) is 0 Å². The number of benzene rings is 2. The van der Waals surface area contributed by atoms with Gasteiger partial charge in [0, 0.05) is 12.5 Å². The molecule has 0 bridgehead atoms. The van der Waals surface area contributed by atoms with Gasteiger partial charge in [-0.25, -0.2) is 0 Å². The zero-order valence-electron chi connectivity index (χ0n) is 10.3. The van der Waals surface area contributed by atoms with Gasteiger partial charge < -0.3 is 10.8 Å². The molecule has 1 aliphatic rings. The Morgan fingerprint density at radius 1 is 1.00 bits per heavy atom. The Bertz CT molecular complexity index is 577. The molecule has 0 spiro atoms. The summed E-state index contributed by atoms with van der Waals surface area (Å²) < 4.78 is 0. The Morgan fingerprint density at radius 2 is 1.78 bits per heavy atom. The molecule has 0 aromatic heterocycles. The monoisotopic (exact) mass is 239 g/mol. The van der Waals surface area contributed by atoms with E-state index in [0.29, 0.717) is 12.3 Å². The first kappa shape index (κ1) is 11.3. The van der Waals surface area contributed by atoms with Crippen LogP contribution in [0.3, 0.4) is 0 Å². The van der Waals surface area contributed by atoms with E-state index < -0.39 is 0 Å². The molecule has 2 aromatic carbocycles. The van der Waals surface area contributed by atoms with Crippen LogP contribution < -0.4 is 5.73 Å². The maximum absolute atomic E-state index is 10.0. The van der Waals surface area contributed by atoms with Gasteiger partial charge in [0.2, 0.25) is 0 Å². The molecule has 1 unspecified atom stereocenters. The summed E-state index contributed by atoms with van der Waals surface area (Å²) in [5, 5.41) is 10.0. The summed E-state index contributed by atoms with van der Waals surface area (Å²) in [6.45, 7) is 0.577. The fraction of sp³-hybridized carbons (Fsp3) is 0.250. The molecule has 0 amide bonds. The van der Waals surface area contributed by atoms with Crippen LogP contribution in [-0.4, -0.2) is 11.7 Å². The molecule has 0 aliphatic heterocycles. The zero-order valence-corrected chi connectivity index (χ0v) is 10.3. The first-order valence-electron chi connectivity index (χ1n) is 6.40. The lowest BCUT2D eigenvalue weighted by atomic mass is 9.88. The molecule has 1 atom stereocenters. The highest BCUT2D eigenvalue weighted by molar-refractivity contribution is 5.49. The molecule has 1 aliphatic carbocycles. The number of rotatable bonds is 1. The van der Waals surface area contributed by atoms with Crippen molar-refractivity contribution < 1.29 is 5.11 Å². The molecule has 0 heterocycles. The number of hydrogen-bond acceptors (Lipinski definition) is 2. The lowest BCUT2D eigenvalue weighted by molar-refractivity contribution is 0.466. The van der Waals surface area contributed by atoms with Gasteiger partial charge in [-0.05, 0) is 41.2 Å². The third-order valence-corrected chi connectivity index (χ3v) is 3.87. The van der Waals surface area contributed by atoms with E-state index in [9.17, 15) is 5.11 Å². The average Bonchev–Trinajstić information content (AvgIpc) is 2.56. The third kappa shape index (κ3) is 1.70. The van der Waals surface area contributed by atoms with Crippen LogP contribution in [0.4, 0.5) is 0 Å². The highest BCUT2D eigenvalue weighted by Crippen LogP contribution is 2.36. The maximum Gasteiger partial charge on any atom is 0.119 e. The van der Waals surface area contributed by atoms with E-state index in [2.05, 4.69) is 30.3 Å². The van der Waals surface area contributed by atoms with Crippen LogP contribution in [0.5, 0.6) is 5.75 Å². The van der Waals surface area contributed by atoms with Crippen molar-refractivity contribution in [2.75, 3.05) is 6.54 Å². The van der Waals surface area contributed by atoms with E-state index in [0.717, 1.165) is 18.4 Å². The molecule has 0 saturated heterocycles. The summed E-state index contributed by atoms with van der Waals surface area (Å²) in [7, 11) is 0. The van der Waals surface area contributed by atoms with Crippen molar-refractivity contribution in [2.45, 2.75) is 18.8 Å². The SMILES string of the molecule is NCC1c2ccccc2CCc2c(O)cccc21. The number of phenolic OH excluding ortho intramolecular Hbond substituents is 1. The Balaban J connectivity index is 2.21. The number of fused-ring (bicyclic) bond motifs is 2. The molecule has 3 rings (SSSR count). The topological polar surface area (TPSA) is 46.2 Å². The predicted octanol–water partition coefficient (Wildman–Crippen LogP) is 2.58. The quantitative estimate of drug-likeness (QED) is 0.803. The normalized spacial score (nSPS) is 17.7. The largest absolute Gasteiger partial charge is 0.508 e. The number of phenols is 1. The molecule has 3 N–H and O–H groups in total. The fourth-order valence-corrected chi connectivity index (χ4v) is 2.97. The van der Waals surface area contributed by atoms with E-state index in [4.69, 9.17) is 5.73 Å². The van der Waals surface area contributed by atoms with Gasteiger partial charge in [-0.15, -0.1) is 0 Å². The minimum Gasteiger partial charge on any atom is -0.508 e. The Morgan fingerprint density at radius 3 is 2.61 bits per heavy atom. The van der Waals surface area contributed by atoms with E-state index in [1.807, 2.05) is 6.07 Å². The van der Waals surface area contributed by atoms with Crippen LogP contribution >= 0.6 is 0 Å². The second-order valence-corrected chi connectivity index (χ2v) is 4.83. The van der Waals surface area contributed by atoms with E-state index in [-0.39, 0.29) is 5.92 Å². The van der Waals surface area contributed by atoms with E-state index >= 15 is 0 Å². The smallest absolute Gasteiger partial charge is 0.119 e. The van der Waals surface area contributed by atoms with Crippen molar-refractivity contribution in [2.24, 2.45) is 5.73 Å². The summed E-state index contributed by atoms with van der Waals surface area (Å²) >= 11 is 0. The van der Waals surface area contributed by atoms with Crippen LogP contribution in [0.15, 0.2) is 42.5 Å². The van der Waals surface area contributed by atoms with Crippen molar-refractivity contribution in [3.8, 4) is 5.75 Å². The molecule has 0 fully saturated rings. The van der Waals surface area contributed by atoms with Gasteiger partial charge in [-0.2, -0.15) is 0 Å². The number of aromatic hydroxyl groups is 1. The fourth-order valence-electron chi connectivity index (χ4n) is 2.97. The van der Waals surface area contributed by atoms with Crippen molar-refractivity contribution in [1.82, 2.24) is 0 Å². The summed E-state index contributed by atoms with van der Waals surface area (Å²) in [5.41, 5.74) is 10.9. The Labute approximate surface area is 107 Å². The van der Waals surface area contributed by atoms with Crippen molar-refractivity contribution in [3.05, 3.63) is 64.7 Å². The van der Waals surface area contributed by atoms with Gasteiger partial charge in [-0.3, -0.25) is 0 Å². The molecule has 0 saturated carbocycles. The lowest BCUT2D eigenvalue weighted by Gasteiger charge is -2.18. The molecule has 92 valence electrons. The molecule has 18 heavy (non-hydrogen) atoms. The van der Waals surface area contributed by atoms with Gasteiger partial charge >= 0.3 is 0 Å². The number of hydrogen-bond donors (Lipinski definition) is 2. The maximum atomic E-state index is 10.0. The highest BCUT2D eigenvalue weighted by Gasteiger charge is 2.23. The molecule has 2 heteroatoms. The highest BCUT2D eigenvalue weighted by atomic mass is 16.3. The van der Waals surface area contributed by atoms with Gasteiger partial charge in [0.25, 0.3) is 0 Å². The van der Waals surface area contributed by atoms with E-state index in [1.54, 1.807) is 6.07 Å². The Kier molecular flexibility index (Phi) is 2.80.